The van der Waals surface area contributed by atoms with Crippen LogP contribution in [-0.4, -0.2) is 32.5 Å². The number of aromatic carboxylic acids is 1. The predicted octanol–water partition coefficient (Wildman–Crippen LogP) is 2.65. The summed E-state index contributed by atoms with van der Waals surface area (Å²) in [7, 11) is -2.72. The summed E-state index contributed by atoms with van der Waals surface area (Å²) in [6, 6.07) is 6.18. The minimum atomic E-state index is -2.72. The van der Waals surface area contributed by atoms with Crippen molar-refractivity contribution in [3.05, 3.63) is 29.8 Å². The Morgan fingerprint density at radius 3 is 2.35 bits per heavy atom. The van der Waals surface area contributed by atoms with E-state index in [0.29, 0.717) is 18.0 Å². The number of carboxylic acid groups (broad SMARTS) is 1. The Balaban J connectivity index is 2.24. The van der Waals surface area contributed by atoms with Gasteiger partial charge in [-0.3, -0.25) is 13.4 Å². The Kier molecular flexibility index (Phi) is 3.28. The van der Waals surface area contributed by atoms with Crippen molar-refractivity contribution in [3.63, 3.8) is 0 Å². The maximum absolute atomic E-state index is 10.7. The largest absolute Gasteiger partial charge is 0.478 e. The highest BCUT2D eigenvalue weighted by atomic mass is 32.3. The number of benzene rings is 1. The number of anilines is 1. The second-order valence-corrected chi connectivity index (χ2v) is 6.11. The lowest BCUT2D eigenvalue weighted by Gasteiger charge is -2.47. The molecule has 0 saturated carbocycles. The molecule has 1 aliphatic rings. The normalized spacial score (nSPS) is 20.9. The Labute approximate surface area is 101 Å². The van der Waals surface area contributed by atoms with Gasteiger partial charge in [0.2, 0.25) is 0 Å². The SMILES string of the molecule is O=C(O)c1ccc(N2CCCCS2(O)O)cc1. The first-order chi connectivity index (χ1) is 8.00. The average molecular weight is 257 g/mol. The molecule has 0 amide bonds. The molecule has 0 bridgehead atoms. The van der Waals surface area contributed by atoms with Crippen molar-refractivity contribution < 1.29 is 19.0 Å². The van der Waals surface area contributed by atoms with E-state index < -0.39 is 16.7 Å². The van der Waals surface area contributed by atoms with E-state index in [9.17, 15) is 13.9 Å². The van der Waals surface area contributed by atoms with E-state index in [2.05, 4.69) is 0 Å². The fourth-order valence-corrected chi connectivity index (χ4v) is 3.57. The minimum Gasteiger partial charge on any atom is -0.478 e. The van der Waals surface area contributed by atoms with Crippen LogP contribution in [0.15, 0.2) is 24.3 Å². The summed E-state index contributed by atoms with van der Waals surface area (Å²) in [5.41, 5.74) is 0.858. The number of carbonyl (C=O) groups is 1. The molecule has 0 unspecified atom stereocenters. The molecule has 6 heteroatoms. The van der Waals surface area contributed by atoms with Crippen molar-refractivity contribution >= 4 is 22.4 Å². The topological polar surface area (TPSA) is 81.0 Å². The van der Waals surface area contributed by atoms with Crippen molar-refractivity contribution in [1.29, 1.82) is 0 Å². The second kappa shape index (κ2) is 4.56. The van der Waals surface area contributed by atoms with Gasteiger partial charge in [0.05, 0.1) is 17.0 Å². The quantitative estimate of drug-likeness (QED) is 0.758. The van der Waals surface area contributed by atoms with Gasteiger partial charge in [0.25, 0.3) is 0 Å². The van der Waals surface area contributed by atoms with Gasteiger partial charge in [-0.1, -0.05) is 0 Å². The highest BCUT2D eigenvalue weighted by Crippen LogP contribution is 2.49. The molecule has 0 spiro atoms. The fraction of sp³-hybridized carbons (Fsp3) is 0.364. The second-order valence-electron chi connectivity index (χ2n) is 4.00. The molecule has 1 aromatic carbocycles. The smallest absolute Gasteiger partial charge is 0.335 e. The van der Waals surface area contributed by atoms with E-state index in [1.807, 2.05) is 0 Å². The minimum absolute atomic E-state index is 0.197. The molecular weight excluding hydrogens is 242 g/mol. The van der Waals surface area contributed by atoms with Crippen molar-refractivity contribution in [2.45, 2.75) is 12.8 Å². The number of rotatable bonds is 2. The zero-order chi connectivity index (χ0) is 12.5. The summed E-state index contributed by atoms with van der Waals surface area (Å²) in [4.78, 5) is 10.7. The first-order valence-corrected chi connectivity index (χ1v) is 7.05. The third-order valence-electron chi connectivity index (χ3n) is 2.78. The van der Waals surface area contributed by atoms with Crippen LogP contribution in [-0.2, 0) is 0 Å². The standard InChI is InChI=1S/C11H15NO4S/c13-11(14)9-3-5-10(6-4-9)12-7-1-2-8-17(12,15)16/h3-6,15-16H,1-2,7-8H2,(H,13,14). The molecule has 0 radical (unpaired) electrons. The zero-order valence-corrected chi connectivity index (χ0v) is 10.1. The van der Waals surface area contributed by atoms with E-state index in [-0.39, 0.29) is 5.56 Å². The first kappa shape index (κ1) is 12.2. The molecule has 94 valence electrons. The Morgan fingerprint density at radius 2 is 1.82 bits per heavy atom. The van der Waals surface area contributed by atoms with E-state index in [4.69, 9.17) is 5.11 Å². The molecule has 0 aliphatic carbocycles. The van der Waals surface area contributed by atoms with Crippen LogP contribution >= 0.6 is 10.8 Å². The van der Waals surface area contributed by atoms with Crippen LogP contribution in [0.5, 0.6) is 0 Å². The Bertz CT molecular complexity index is 418. The highest BCUT2D eigenvalue weighted by Gasteiger charge is 2.26. The lowest BCUT2D eigenvalue weighted by atomic mass is 10.2. The molecule has 1 aromatic rings. The van der Waals surface area contributed by atoms with Gasteiger partial charge in [-0.15, -0.1) is 10.8 Å². The summed E-state index contributed by atoms with van der Waals surface area (Å²) >= 11 is 0. The van der Waals surface area contributed by atoms with Crippen LogP contribution < -0.4 is 4.31 Å². The van der Waals surface area contributed by atoms with E-state index in [1.54, 1.807) is 16.4 Å². The van der Waals surface area contributed by atoms with Crippen LogP contribution in [0.25, 0.3) is 0 Å². The average Bonchev–Trinajstić information content (AvgIpc) is 2.28. The molecule has 1 aliphatic heterocycles. The molecule has 1 saturated heterocycles. The zero-order valence-electron chi connectivity index (χ0n) is 9.24. The van der Waals surface area contributed by atoms with Gasteiger partial charge in [-0.2, -0.15) is 0 Å². The molecule has 3 N–H and O–H groups in total. The molecule has 5 nitrogen and oxygen atoms in total. The van der Waals surface area contributed by atoms with E-state index in [1.165, 1.54) is 12.1 Å². The summed E-state index contributed by atoms with van der Waals surface area (Å²) in [5, 5.41) is 8.78. The van der Waals surface area contributed by atoms with Crippen LogP contribution in [0.1, 0.15) is 23.2 Å². The molecular formula is C11H15NO4S. The highest BCUT2D eigenvalue weighted by molar-refractivity contribution is 8.25. The molecule has 1 fully saturated rings. The third-order valence-corrected chi connectivity index (χ3v) is 4.72. The fourth-order valence-electron chi connectivity index (χ4n) is 1.88. The first-order valence-electron chi connectivity index (χ1n) is 5.38. The van der Waals surface area contributed by atoms with Crippen LogP contribution in [0.3, 0.4) is 0 Å². The van der Waals surface area contributed by atoms with Crippen molar-refractivity contribution in [2.24, 2.45) is 0 Å². The number of hydrogen-bond acceptors (Lipinski definition) is 4. The lowest BCUT2D eigenvalue weighted by molar-refractivity contribution is 0.0697. The summed E-state index contributed by atoms with van der Waals surface area (Å²) in [6.07, 6.45) is 1.72. The Morgan fingerprint density at radius 1 is 1.18 bits per heavy atom. The van der Waals surface area contributed by atoms with Gasteiger partial charge in [-0.05, 0) is 37.1 Å². The van der Waals surface area contributed by atoms with Gasteiger partial charge in [0.1, 0.15) is 0 Å². The van der Waals surface area contributed by atoms with Crippen LogP contribution in [0.2, 0.25) is 0 Å². The third kappa shape index (κ3) is 2.54. The van der Waals surface area contributed by atoms with Gasteiger partial charge in [0.15, 0.2) is 0 Å². The van der Waals surface area contributed by atoms with Crippen molar-refractivity contribution in [1.82, 2.24) is 0 Å². The number of nitrogens with zero attached hydrogens (tertiary/aromatic N) is 1. The monoisotopic (exact) mass is 257 g/mol. The van der Waals surface area contributed by atoms with Gasteiger partial charge < -0.3 is 5.11 Å². The summed E-state index contributed by atoms with van der Waals surface area (Å²) < 4.78 is 21.4. The molecule has 2 rings (SSSR count). The number of hydrogen-bond donors (Lipinski definition) is 3. The van der Waals surface area contributed by atoms with E-state index in [0.717, 1.165) is 12.8 Å². The lowest BCUT2D eigenvalue weighted by Crippen LogP contribution is -2.34. The molecule has 0 aromatic heterocycles. The maximum Gasteiger partial charge on any atom is 0.335 e. The molecule has 0 atom stereocenters. The van der Waals surface area contributed by atoms with Gasteiger partial charge >= 0.3 is 5.97 Å². The Hall–Kier alpha value is -1.24. The van der Waals surface area contributed by atoms with Crippen LogP contribution in [0.4, 0.5) is 5.69 Å². The molecule has 1 heterocycles. The predicted molar refractivity (Wildman–Crippen MR) is 67.7 cm³/mol. The molecule has 17 heavy (non-hydrogen) atoms. The van der Waals surface area contributed by atoms with Crippen LogP contribution in [0, 0.1) is 0 Å². The van der Waals surface area contributed by atoms with Gasteiger partial charge in [0, 0.05) is 6.54 Å². The van der Waals surface area contributed by atoms with E-state index >= 15 is 0 Å². The van der Waals surface area contributed by atoms with Crippen molar-refractivity contribution in [3.8, 4) is 0 Å². The summed E-state index contributed by atoms with van der Waals surface area (Å²) in [6.45, 7) is 0.592. The van der Waals surface area contributed by atoms with Crippen molar-refractivity contribution in [2.75, 3.05) is 16.6 Å². The summed E-state index contributed by atoms with van der Waals surface area (Å²) in [5.74, 6) is -0.602. The number of carboxylic acids is 1. The van der Waals surface area contributed by atoms with Gasteiger partial charge in [-0.25, -0.2) is 4.79 Å². The maximum atomic E-state index is 10.7.